The average Bonchev–Trinajstić information content (AvgIpc) is 2.61. The van der Waals surface area contributed by atoms with E-state index in [9.17, 15) is 9.59 Å². The van der Waals surface area contributed by atoms with Crippen LogP contribution in [0.25, 0.3) is 0 Å². The molecule has 132 valence electrons. The minimum Gasteiger partial charge on any atom is -0.339 e. The molecule has 0 radical (unpaired) electrons. The molecule has 24 heavy (non-hydrogen) atoms. The van der Waals surface area contributed by atoms with E-state index in [1.54, 1.807) is 0 Å². The monoisotopic (exact) mass is 331 g/mol. The molecule has 2 heterocycles. The number of amides is 2. The van der Waals surface area contributed by atoms with Crippen LogP contribution in [0.4, 0.5) is 0 Å². The second-order valence-electron chi connectivity index (χ2n) is 7.38. The Balaban J connectivity index is 1.59. The van der Waals surface area contributed by atoms with Crippen LogP contribution < -0.4 is 0 Å². The first-order valence-electron chi connectivity index (χ1n) is 9.19. The first kappa shape index (κ1) is 17.2. The fourth-order valence-corrected chi connectivity index (χ4v) is 4.00. The summed E-state index contributed by atoms with van der Waals surface area (Å²) in [5.41, 5.74) is 0.851. The van der Waals surface area contributed by atoms with Crippen LogP contribution >= 0.6 is 0 Å². The smallest absolute Gasteiger partial charge is 0.249 e. The van der Waals surface area contributed by atoms with Crippen molar-refractivity contribution in [3.05, 3.63) is 23.8 Å². The molecular weight excluding hydrogens is 302 g/mol. The van der Waals surface area contributed by atoms with Crippen LogP contribution in [0.15, 0.2) is 23.8 Å². The van der Waals surface area contributed by atoms with Crippen molar-refractivity contribution < 1.29 is 9.59 Å². The summed E-state index contributed by atoms with van der Waals surface area (Å²) in [4.78, 5) is 31.2. The predicted molar refractivity (Wildman–Crippen MR) is 94.5 cm³/mol. The number of carbonyl (C=O) groups excluding carboxylic acids is 2. The van der Waals surface area contributed by atoms with E-state index in [0.29, 0.717) is 18.9 Å². The van der Waals surface area contributed by atoms with Crippen LogP contribution in [0.2, 0.25) is 0 Å². The Labute approximate surface area is 145 Å². The number of nitrogens with zero attached hydrogens (tertiary/aromatic N) is 3. The molecule has 2 saturated heterocycles. The standard InChI is InChI=1S/C19H29N3O2/c1-20(2)16-9-12-21(13-10-16)19(24)15-6-5-7-17(14-15)22-11-4-3-8-18(22)23/h5-7,16-17H,3-4,8-14H2,1-2H3. The van der Waals surface area contributed by atoms with Crippen LogP contribution in [0, 0.1) is 0 Å². The number of piperidine rings is 2. The summed E-state index contributed by atoms with van der Waals surface area (Å²) >= 11 is 0. The molecule has 2 amide bonds. The zero-order chi connectivity index (χ0) is 17.1. The van der Waals surface area contributed by atoms with Crippen LogP contribution in [0.5, 0.6) is 0 Å². The minimum atomic E-state index is 0.0565. The highest BCUT2D eigenvalue weighted by molar-refractivity contribution is 5.94. The maximum absolute atomic E-state index is 12.8. The van der Waals surface area contributed by atoms with E-state index in [2.05, 4.69) is 25.1 Å². The van der Waals surface area contributed by atoms with Crippen LogP contribution in [0.3, 0.4) is 0 Å². The Hall–Kier alpha value is -1.62. The quantitative estimate of drug-likeness (QED) is 0.792. The third-order valence-corrected chi connectivity index (χ3v) is 5.58. The van der Waals surface area contributed by atoms with Crippen molar-refractivity contribution in [1.82, 2.24) is 14.7 Å². The summed E-state index contributed by atoms with van der Waals surface area (Å²) < 4.78 is 0. The van der Waals surface area contributed by atoms with Crippen LogP contribution in [-0.4, -0.2) is 72.3 Å². The Bertz CT molecular complexity index is 545. The highest BCUT2D eigenvalue weighted by Gasteiger charge is 2.30. The molecule has 0 aromatic heterocycles. The molecule has 2 fully saturated rings. The fourth-order valence-electron chi connectivity index (χ4n) is 4.00. The van der Waals surface area contributed by atoms with Gasteiger partial charge in [0.2, 0.25) is 11.8 Å². The van der Waals surface area contributed by atoms with E-state index in [1.165, 1.54) is 0 Å². The van der Waals surface area contributed by atoms with E-state index < -0.39 is 0 Å². The first-order valence-corrected chi connectivity index (χ1v) is 9.19. The molecule has 0 aromatic rings. The second-order valence-corrected chi connectivity index (χ2v) is 7.38. The molecule has 0 aromatic carbocycles. The van der Waals surface area contributed by atoms with Crippen LogP contribution in [0.1, 0.15) is 38.5 Å². The molecule has 1 unspecified atom stereocenters. The van der Waals surface area contributed by atoms with Gasteiger partial charge in [0.1, 0.15) is 0 Å². The molecule has 0 saturated carbocycles. The molecule has 0 N–H and O–H groups in total. The molecule has 0 bridgehead atoms. The number of hydrogen-bond donors (Lipinski definition) is 0. The lowest BCUT2D eigenvalue weighted by Crippen LogP contribution is -2.47. The van der Waals surface area contributed by atoms with E-state index in [4.69, 9.17) is 0 Å². The summed E-state index contributed by atoms with van der Waals surface area (Å²) in [6.45, 7) is 2.48. The summed E-state index contributed by atoms with van der Waals surface area (Å²) in [7, 11) is 4.22. The molecule has 1 atom stereocenters. The Kier molecular flexibility index (Phi) is 5.39. The molecular formula is C19H29N3O2. The van der Waals surface area contributed by atoms with Gasteiger partial charge in [-0.1, -0.05) is 18.2 Å². The zero-order valence-corrected chi connectivity index (χ0v) is 14.9. The number of likely N-dealkylation sites (tertiary alicyclic amines) is 2. The van der Waals surface area contributed by atoms with Crippen molar-refractivity contribution >= 4 is 11.8 Å². The van der Waals surface area contributed by atoms with Gasteiger partial charge in [-0.15, -0.1) is 0 Å². The fraction of sp³-hybridized carbons (Fsp3) is 0.684. The normalized spacial score (nSPS) is 26.0. The van der Waals surface area contributed by atoms with E-state index in [1.807, 2.05) is 22.0 Å². The zero-order valence-electron chi connectivity index (χ0n) is 14.9. The number of hydrogen-bond acceptors (Lipinski definition) is 3. The van der Waals surface area contributed by atoms with Gasteiger partial charge in [-0.25, -0.2) is 0 Å². The lowest BCUT2D eigenvalue weighted by Gasteiger charge is -2.37. The second kappa shape index (κ2) is 7.51. The molecule has 5 heteroatoms. The van der Waals surface area contributed by atoms with Crippen molar-refractivity contribution in [3.63, 3.8) is 0 Å². The largest absolute Gasteiger partial charge is 0.339 e. The molecule has 0 spiro atoms. The summed E-state index contributed by atoms with van der Waals surface area (Å²) in [5.74, 6) is 0.391. The van der Waals surface area contributed by atoms with Crippen LogP contribution in [-0.2, 0) is 9.59 Å². The molecule has 3 rings (SSSR count). The van der Waals surface area contributed by atoms with Crippen molar-refractivity contribution in [3.8, 4) is 0 Å². The first-order chi connectivity index (χ1) is 11.6. The Morgan fingerprint density at radius 2 is 1.92 bits per heavy atom. The van der Waals surface area contributed by atoms with Gasteiger partial charge in [-0.2, -0.15) is 0 Å². The number of rotatable bonds is 3. The SMILES string of the molecule is CN(C)C1CCN(C(=O)C2=CC=CC(N3CCCCC3=O)C2)CC1. The minimum absolute atomic E-state index is 0.0565. The van der Waals surface area contributed by atoms with Gasteiger partial charge in [0.15, 0.2) is 0 Å². The predicted octanol–water partition coefficient (Wildman–Crippen LogP) is 1.81. The molecule has 2 aliphatic heterocycles. The Morgan fingerprint density at radius 1 is 1.17 bits per heavy atom. The van der Waals surface area contributed by atoms with Crippen molar-refractivity contribution in [2.24, 2.45) is 0 Å². The summed E-state index contributed by atoms with van der Waals surface area (Å²) in [6, 6.07) is 0.633. The van der Waals surface area contributed by atoms with Gasteiger partial charge < -0.3 is 14.7 Å². The van der Waals surface area contributed by atoms with Gasteiger partial charge in [-0.05, 0) is 39.8 Å². The maximum atomic E-state index is 12.8. The highest BCUT2D eigenvalue weighted by Crippen LogP contribution is 2.25. The van der Waals surface area contributed by atoms with E-state index >= 15 is 0 Å². The molecule has 5 nitrogen and oxygen atoms in total. The Morgan fingerprint density at radius 3 is 2.58 bits per heavy atom. The maximum Gasteiger partial charge on any atom is 0.249 e. The highest BCUT2D eigenvalue weighted by atomic mass is 16.2. The third kappa shape index (κ3) is 3.72. The van der Waals surface area contributed by atoms with Crippen molar-refractivity contribution in [2.45, 2.75) is 50.6 Å². The van der Waals surface area contributed by atoms with Gasteiger partial charge in [0.05, 0.1) is 6.04 Å². The topological polar surface area (TPSA) is 43.9 Å². The molecule has 1 aliphatic carbocycles. The summed E-state index contributed by atoms with van der Waals surface area (Å²) in [6.07, 6.45) is 11.4. The van der Waals surface area contributed by atoms with Gasteiger partial charge in [0.25, 0.3) is 0 Å². The third-order valence-electron chi connectivity index (χ3n) is 5.58. The van der Waals surface area contributed by atoms with E-state index in [0.717, 1.165) is 50.9 Å². The number of allylic oxidation sites excluding steroid dienone is 2. The van der Waals surface area contributed by atoms with Gasteiger partial charge in [0, 0.05) is 44.1 Å². The molecule has 3 aliphatic rings. The lowest BCUT2D eigenvalue weighted by molar-refractivity contribution is -0.135. The van der Waals surface area contributed by atoms with Crippen molar-refractivity contribution in [1.29, 1.82) is 0 Å². The van der Waals surface area contributed by atoms with Crippen molar-refractivity contribution in [2.75, 3.05) is 33.7 Å². The van der Waals surface area contributed by atoms with Gasteiger partial charge >= 0.3 is 0 Å². The van der Waals surface area contributed by atoms with E-state index in [-0.39, 0.29) is 17.9 Å². The number of carbonyl (C=O) groups is 2. The summed E-state index contributed by atoms with van der Waals surface area (Å²) in [5, 5.41) is 0. The van der Waals surface area contributed by atoms with Gasteiger partial charge in [-0.3, -0.25) is 9.59 Å². The lowest BCUT2D eigenvalue weighted by atomic mass is 9.95. The average molecular weight is 331 g/mol.